The molecule has 0 aromatic heterocycles. The fourth-order valence-electron chi connectivity index (χ4n) is 2.18. The first-order valence-electron chi connectivity index (χ1n) is 7.10. The number of nitrogens with two attached hydrogens (primary N) is 1. The van der Waals surface area contributed by atoms with Gasteiger partial charge in [-0.15, -0.1) is 0 Å². The third-order valence-electron chi connectivity index (χ3n) is 3.40. The van der Waals surface area contributed by atoms with E-state index in [-0.39, 0.29) is 13.1 Å². The quantitative estimate of drug-likeness (QED) is 0.858. The zero-order valence-corrected chi connectivity index (χ0v) is 12.4. The summed E-state index contributed by atoms with van der Waals surface area (Å²) in [5, 5.41) is 0. The molecular weight excluding hydrogens is 305 g/mol. The molecule has 3 nitrogen and oxygen atoms in total. The number of carbonyl (C=O) groups is 1. The molecule has 6 heteroatoms. The maximum absolute atomic E-state index is 12.8. The summed E-state index contributed by atoms with van der Waals surface area (Å²) in [7, 11) is 0. The standard InChI is InChI=1S/C17H17F3N2O/c18-17(19,20)16(23)22(11-10-13-4-2-1-3-5-13)12-14-6-8-15(21)9-7-14/h1-9H,10-12,21H2. The first kappa shape index (κ1) is 16.9. The van der Waals surface area contributed by atoms with Crippen molar-refractivity contribution in [3.63, 3.8) is 0 Å². The Hall–Kier alpha value is -2.50. The van der Waals surface area contributed by atoms with Gasteiger partial charge in [0.1, 0.15) is 0 Å². The van der Waals surface area contributed by atoms with E-state index in [1.54, 1.807) is 24.3 Å². The number of amides is 1. The van der Waals surface area contributed by atoms with E-state index < -0.39 is 12.1 Å². The minimum absolute atomic E-state index is 0.00721. The molecule has 0 aliphatic rings. The van der Waals surface area contributed by atoms with Crippen molar-refractivity contribution in [3.05, 3.63) is 65.7 Å². The highest BCUT2D eigenvalue weighted by molar-refractivity contribution is 5.81. The van der Waals surface area contributed by atoms with Gasteiger partial charge in [0.2, 0.25) is 0 Å². The van der Waals surface area contributed by atoms with Crippen molar-refractivity contribution in [2.75, 3.05) is 12.3 Å². The van der Waals surface area contributed by atoms with Crippen LogP contribution in [0.5, 0.6) is 0 Å². The summed E-state index contributed by atoms with van der Waals surface area (Å²) in [5.74, 6) is -1.83. The number of hydrogen-bond acceptors (Lipinski definition) is 2. The second-order valence-electron chi connectivity index (χ2n) is 5.20. The third kappa shape index (κ3) is 5.02. The lowest BCUT2D eigenvalue weighted by molar-refractivity contribution is -0.186. The van der Waals surface area contributed by atoms with Crippen molar-refractivity contribution >= 4 is 11.6 Å². The predicted octanol–water partition coefficient (Wildman–Crippen LogP) is 3.40. The number of anilines is 1. The molecule has 0 bridgehead atoms. The second-order valence-corrected chi connectivity index (χ2v) is 5.20. The Morgan fingerprint density at radius 2 is 1.57 bits per heavy atom. The highest BCUT2D eigenvalue weighted by atomic mass is 19.4. The predicted molar refractivity (Wildman–Crippen MR) is 82.5 cm³/mol. The Balaban J connectivity index is 2.11. The van der Waals surface area contributed by atoms with E-state index >= 15 is 0 Å². The number of nitrogens with zero attached hydrogens (tertiary/aromatic N) is 1. The molecule has 23 heavy (non-hydrogen) atoms. The van der Waals surface area contributed by atoms with Gasteiger partial charge in [-0.25, -0.2) is 0 Å². The Morgan fingerprint density at radius 3 is 2.13 bits per heavy atom. The molecule has 0 aliphatic carbocycles. The number of rotatable bonds is 5. The van der Waals surface area contributed by atoms with Crippen LogP contribution >= 0.6 is 0 Å². The summed E-state index contributed by atoms with van der Waals surface area (Å²) in [6, 6.07) is 15.5. The van der Waals surface area contributed by atoms with Crippen LogP contribution in [0, 0.1) is 0 Å². The van der Waals surface area contributed by atoms with Crippen LogP contribution in [0.3, 0.4) is 0 Å². The van der Waals surface area contributed by atoms with Gasteiger partial charge in [-0.2, -0.15) is 13.2 Å². The first-order chi connectivity index (χ1) is 10.9. The van der Waals surface area contributed by atoms with Gasteiger partial charge >= 0.3 is 12.1 Å². The van der Waals surface area contributed by atoms with Crippen LogP contribution in [-0.2, 0) is 17.8 Å². The monoisotopic (exact) mass is 322 g/mol. The van der Waals surface area contributed by atoms with Gasteiger partial charge in [-0.05, 0) is 29.7 Å². The van der Waals surface area contributed by atoms with Crippen molar-refractivity contribution < 1.29 is 18.0 Å². The molecule has 2 rings (SSSR count). The summed E-state index contributed by atoms with van der Waals surface area (Å²) in [4.78, 5) is 12.5. The van der Waals surface area contributed by atoms with Crippen LogP contribution in [0.2, 0.25) is 0 Å². The van der Waals surface area contributed by atoms with Gasteiger partial charge in [0, 0.05) is 18.8 Å². The molecule has 122 valence electrons. The smallest absolute Gasteiger partial charge is 0.399 e. The Morgan fingerprint density at radius 1 is 0.957 bits per heavy atom. The normalized spacial score (nSPS) is 11.3. The van der Waals surface area contributed by atoms with E-state index in [4.69, 9.17) is 5.73 Å². The molecule has 0 atom stereocenters. The minimum atomic E-state index is -4.88. The van der Waals surface area contributed by atoms with Crippen molar-refractivity contribution in [1.82, 2.24) is 4.90 Å². The van der Waals surface area contributed by atoms with E-state index in [0.717, 1.165) is 10.5 Å². The number of alkyl halides is 3. The summed E-state index contributed by atoms with van der Waals surface area (Å²) in [5.41, 5.74) is 7.56. The van der Waals surface area contributed by atoms with Gasteiger partial charge in [0.25, 0.3) is 0 Å². The minimum Gasteiger partial charge on any atom is -0.399 e. The fourth-order valence-corrected chi connectivity index (χ4v) is 2.18. The number of benzene rings is 2. The van der Waals surface area contributed by atoms with Crippen LogP contribution in [0.25, 0.3) is 0 Å². The van der Waals surface area contributed by atoms with E-state index in [2.05, 4.69) is 0 Å². The van der Waals surface area contributed by atoms with Gasteiger partial charge < -0.3 is 10.6 Å². The summed E-state index contributed by atoms with van der Waals surface area (Å²) < 4.78 is 38.3. The zero-order chi connectivity index (χ0) is 16.9. The fraction of sp³-hybridized carbons (Fsp3) is 0.235. The Labute approximate surface area is 132 Å². The summed E-state index contributed by atoms with van der Waals surface area (Å²) in [6.45, 7) is -0.113. The summed E-state index contributed by atoms with van der Waals surface area (Å²) >= 11 is 0. The maximum atomic E-state index is 12.8. The highest BCUT2D eigenvalue weighted by Crippen LogP contribution is 2.21. The number of halogens is 3. The molecule has 0 heterocycles. The number of nitrogen functional groups attached to an aromatic ring is 1. The SMILES string of the molecule is Nc1ccc(CN(CCc2ccccc2)C(=O)C(F)(F)F)cc1. The molecule has 2 N–H and O–H groups in total. The highest BCUT2D eigenvalue weighted by Gasteiger charge is 2.42. The van der Waals surface area contributed by atoms with Crippen LogP contribution < -0.4 is 5.73 Å². The molecule has 0 spiro atoms. The lowest BCUT2D eigenvalue weighted by atomic mass is 10.1. The Kier molecular flexibility index (Phi) is 5.26. The van der Waals surface area contributed by atoms with Crippen LogP contribution in [0.15, 0.2) is 54.6 Å². The topological polar surface area (TPSA) is 46.3 Å². The van der Waals surface area contributed by atoms with E-state index in [0.29, 0.717) is 17.7 Å². The van der Waals surface area contributed by atoms with Gasteiger partial charge in [-0.1, -0.05) is 42.5 Å². The lowest BCUT2D eigenvalue weighted by Crippen LogP contribution is -2.41. The molecule has 0 aliphatic heterocycles. The largest absolute Gasteiger partial charge is 0.471 e. The van der Waals surface area contributed by atoms with Crippen molar-refractivity contribution in [3.8, 4) is 0 Å². The summed E-state index contributed by atoms with van der Waals surface area (Å²) in [6.07, 6.45) is -4.53. The van der Waals surface area contributed by atoms with E-state index in [9.17, 15) is 18.0 Å². The van der Waals surface area contributed by atoms with Crippen molar-refractivity contribution in [2.24, 2.45) is 0 Å². The molecule has 0 fully saturated rings. The zero-order valence-electron chi connectivity index (χ0n) is 12.4. The van der Waals surface area contributed by atoms with Crippen molar-refractivity contribution in [1.29, 1.82) is 0 Å². The number of carbonyl (C=O) groups excluding carboxylic acids is 1. The average Bonchev–Trinajstić information content (AvgIpc) is 2.52. The van der Waals surface area contributed by atoms with Gasteiger partial charge in [0.15, 0.2) is 0 Å². The maximum Gasteiger partial charge on any atom is 0.471 e. The van der Waals surface area contributed by atoms with Crippen LogP contribution in [0.1, 0.15) is 11.1 Å². The Bertz CT molecular complexity index is 639. The van der Waals surface area contributed by atoms with Crippen LogP contribution in [-0.4, -0.2) is 23.5 Å². The third-order valence-corrected chi connectivity index (χ3v) is 3.40. The molecule has 0 radical (unpaired) electrons. The number of hydrogen-bond donors (Lipinski definition) is 1. The first-order valence-corrected chi connectivity index (χ1v) is 7.10. The molecule has 0 unspecified atom stereocenters. The van der Waals surface area contributed by atoms with Crippen molar-refractivity contribution in [2.45, 2.75) is 19.1 Å². The molecular formula is C17H17F3N2O. The lowest BCUT2D eigenvalue weighted by Gasteiger charge is -2.24. The second kappa shape index (κ2) is 7.17. The van der Waals surface area contributed by atoms with Crippen LogP contribution in [0.4, 0.5) is 18.9 Å². The van der Waals surface area contributed by atoms with Gasteiger partial charge in [-0.3, -0.25) is 4.79 Å². The van der Waals surface area contributed by atoms with Gasteiger partial charge in [0.05, 0.1) is 0 Å². The molecule has 0 saturated heterocycles. The molecule has 2 aromatic carbocycles. The average molecular weight is 322 g/mol. The molecule has 0 saturated carbocycles. The molecule has 1 amide bonds. The van der Waals surface area contributed by atoms with E-state index in [1.165, 1.54) is 0 Å². The molecule has 2 aromatic rings. The van der Waals surface area contributed by atoms with E-state index in [1.807, 2.05) is 30.3 Å².